The molecule has 0 unspecified atom stereocenters. The normalized spacial score (nSPS) is 10.8. The van der Waals surface area contributed by atoms with Gasteiger partial charge in [-0.2, -0.15) is 0 Å². The van der Waals surface area contributed by atoms with Crippen molar-refractivity contribution in [1.82, 2.24) is 5.32 Å². The summed E-state index contributed by atoms with van der Waals surface area (Å²) in [6.07, 6.45) is 2.29. The lowest BCUT2D eigenvalue weighted by Gasteiger charge is -2.08. The van der Waals surface area contributed by atoms with Crippen LogP contribution in [-0.2, 0) is 6.42 Å². The van der Waals surface area contributed by atoms with E-state index in [-0.39, 0.29) is 0 Å². The van der Waals surface area contributed by atoms with E-state index < -0.39 is 0 Å². The Balaban J connectivity index is 2.33. The van der Waals surface area contributed by atoms with Gasteiger partial charge in [-0.25, -0.2) is 0 Å². The molecule has 0 aliphatic carbocycles. The van der Waals surface area contributed by atoms with Crippen LogP contribution in [0.2, 0.25) is 0 Å². The molecule has 1 N–H and O–H groups in total. The van der Waals surface area contributed by atoms with Crippen molar-refractivity contribution in [3.8, 4) is 5.75 Å². The first-order valence-electron chi connectivity index (χ1n) is 6.17. The second kappa shape index (κ2) is 7.29. The van der Waals surface area contributed by atoms with Crippen LogP contribution in [0.3, 0.4) is 0 Å². The average molecular weight is 221 g/mol. The fourth-order valence-corrected chi connectivity index (χ4v) is 1.64. The van der Waals surface area contributed by atoms with Gasteiger partial charge in [0.2, 0.25) is 0 Å². The van der Waals surface area contributed by atoms with Gasteiger partial charge in [-0.3, -0.25) is 0 Å². The van der Waals surface area contributed by atoms with Crippen LogP contribution in [0.15, 0.2) is 24.3 Å². The van der Waals surface area contributed by atoms with Crippen LogP contribution in [-0.4, -0.2) is 19.2 Å². The van der Waals surface area contributed by atoms with Crippen molar-refractivity contribution in [2.75, 3.05) is 13.2 Å². The van der Waals surface area contributed by atoms with Gasteiger partial charge in [-0.15, -0.1) is 0 Å². The van der Waals surface area contributed by atoms with E-state index in [0.717, 1.165) is 25.3 Å². The third-order valence-corrected chi connectivity index (χ3v) is 2.40. The number of hydrogen-bond acceptors (Lipinski definition) is 2. The summed E-state index contributed by atoms with van der Waals surface area (Å²) in [5.41, 5.74) is 1.36. The third-order valence-electron chi connectivity index (χ3n) is 2.40. The van der Waals surface area contributed by atoms with Crippen molar-refractivity contribution in [3.63, 3.8) is 0 Å². The van der Waals surface area contributed by atoms with E-state index in [1.54, 1.807) is 0 Å². The molecule has 0 aliphatic heterocycles. The highest BCUT2D eigenvalue weighted by Gasteiger charge is 1.97. The molecule has 2 heteroatoms. The molecule has 0 saturated heterocycles. The molecule has 0 bridgehead atoms. The summed E-state index contributed by atoms with van der Waals surface area (Å²) in [6, 6.07) is 8.96. The molecule has 0 heterocycles. The van der Waals surface area contributed by atoms with E-state index in [1.165, 1.54) is 12.0 Å². The zero-order valence-electron chi connectivity index (χ0n) is 10.6. The zero-order valence-corrected chi connectivity index (χ0v) is 10.6. The van der Waals surface area contributed by atoms with Crippen molar-refractivity contribution in [2.45, 2.75) is 39.7 Å². The largest absolute Gasteiger partial charge is 0.494 e. The predicted molar refractivity (Wildman–Crippen MR) is 69.1 cm³/mol. The minimum atomic E-state index is 0.578. The van der Waals surface area contributed by atoms with Crippen molar-refractivity contribution >= 4 is 0 Å². The van der Waals surface area contributed by atoms with Crippen LogP contribution in [0, 0.1) is 0 Å². The molecule has 2 nitrogen and oxygen atoms in total. The first-order valence-corrected chi connectivity index (χ1v) is 6.17. The molecule has 0 saturated carbocycles. The van der Waals surface area contributed by atoms with Crippen LogP contribution in [0.25, 0.3) is 0 Å². The Labute approximate surface area is 99.0 Å². The summed E-state index contributed by atoms with van der Waals surface area (Å²) >= 11 is 0. The Bertz CT molecular complexity index is 297. The summed E-state index contributed by atoms with van der Waals surface area (Å²) in [5.74, 6) is 0.983. The van der Waals surface area contributed by atoms with Crippen LogP contribution in [0.1, 0.15) is 32.8 Å². The molecule has 0 spiro atoms. The summed E-state index contributed by atoms with van der Waals surface area (Å²) in [7, 11) is 0. The molecule has 90 valence electrons. The van der Waals surface area contributed by atoms with Crippen molar-refractivity contribution in [1.29, 1.82) is 0 Å². The maximum atomic E-state index is 5.48. The second-order valence-electron chi connectivity index (χ2n) is 4.29. The summed E-state index contributed by atoms with van der Waals surface area (Å²) in [4.78, 5) is 0. The highest BCUT2D eigenvalue weighted by atomic mass is 16.5. The summed E-state index contributed by atoms with van der Waals surface area (Å²) < 4.78 is 5.48. The van der Waals surface area contributed by atoms with Crippen LogP contribution >= 0.6 is 0 Å². The number of benzene rings is 1. The topological polar surface area (TPSA) is 21.3 Å². The average Bonchev–Trinajstić information content (AvgIpc) is 2.25. The van der Waals surface area contributed by atoms with Crippen molar-refractivity contribution in [2.24, 2.45) is 0 Å². The van der Waals surface area contributed by atoms with Gasteiger partial charge < -0.3 is 10.1 Å². The zero-order chi connectivity index (χ0) is 11.8. The van der Waals surface area contributed by atoms with Gasteiger partial charge in [0.15, 0.2) is 0 Å². The number of ether oxygens (including phenoxy) is 1. The fourth-order valence-electron chi connectivity index (χ4n) is 1.64. The first-order chi connectivity index (χ1) is 7.72. The summed E-state index contributed by atoms with van der Waals surface area (Å²) in [5, 5.41) is 3.42. The monoisotopic (exact) mass is 221 g/mol. The summed E-state index contributed by atoms with van der Waals surface area (Å²) in [6.45, 7) is 8.18. The molecule has 1 aromatic rings. The van der Waals surface area contributed by atoms with E-state index >= 15 is 0 Å². The lowest BCUT2D eigenvalue weighted by atomic mass is 10.1. The maximum absolute atomic E-state index is 5.48. The van der Waals surface area contributed by atoms with E-state index in [0.29, 0.717) is 6.04 Å². The molecule has 0 aliphatic rings. The molecule has 0 atom stereocenters. The third kappa shape index (κ3) is 5.17. The molecule has 0 radical (unpaired) electrons. The van der Waals surface area contributed by atoms with Gasteiger partial charge >= 0.3 is 0 Å². The first kappa shape index (κ1) is 13.0. The minimum absolute atomic E-state index is 0.578. The Morgan fingerprint density at radius 2 is 2.12 bits per heavy atom. The number of hydrogen-bond donors (Lipinski definition) is 1. The molecule has 0 fully saturated rings. The smallest absolute Gasteiger partial charge is 0.119 e. The highest BCUT2D eigenvalue weighted by molar-refractivity contribution is 5.28. The lowest BCUT2D eigenvalue weighted by molar-refractivity contribution is 0.340. The molecule has 16 heavy (non-hydrogen) atoms. The lowest BCUT2D eigenvalue weighted by Crippen LogP contribution is -2.23. The van der Waals surface area contributed by atoms with Gasteiger partial charge in [0, 0.05) is 6.04 Å². The SMILES string of the molecule is CCOc1cccc(CCCNC(C)C)c1. The highest BCUT2D eigenvalue weighted by Crippen LogP contribution is 2.14. The van der Waals surface area contributed by atoms with Gasteiger partial charge in [0.05, 0.1) is 6.61 Å². The van der Waals surface area contributed by atoms with Gasteiger partial charge in [0.25, 0.3) is 0 Å². The fraction of sp³-hybridized carbons (Fsp3) is 0.571. The van der Waals surface area contributed by atoms with Crippen LogP contribution in [0.4, 0.5) is 0 Å². The second-order valence-corrected chi connectivity index (χ2v) is 4.29. The Hall–Kier alpha value is -1.02. The van der Waals surface area contributed by atoms with E-state index in [4.69, 9.17) is 4.74 Å². The molecule has 0 amide bonds. The Morgan fingerprint density at radius 3 is 2.81 bits per heavy atom. The quantitative estimate of drug-likeness (QED) is 0.715. The predicted octanol–water partition coefficient (Wildman–Crippen LogP) is 3.02. The molecular weight excluding hydrogens is 198 g/mol. The Morgan fingerprint density at radius 1 is 1.31 bits per heavy atom. The van der Waals surface area contributed by atoms with Gasteiger partial charge in [-0.05, 0) is 44.0 Å². The molecule has 1 rings (SSSR count). The maximum Gasteiger partial charge on any atom is 0.119 e. The number of aryl methyl sites for hydroxylation is 1. The number of rotatable bonds is 7. The van der Waals surface area contributed by atoms with Crippen LogP contribution in [0.5, 0.6) is 5.75 Å². The Kier molecular flexibility index (Phi) is 5.94. The molecular formula is C14H23NO. The number of nitrogens with one attached hydrogen (secondary N) is 1. The van der Waals surface area contributed by atoms with Crippen LogP contribution < -0.4 is 10.1 Å². The van der Waals surface area contributed by atoms with E-state index in [2.05, 4.69) is 37.4 Å². The standard InChI is InChI=1S/C14H23NO/c1-4-16-14-9-5-7-13(11-14)8-6-10-15-12(2)3/h5,7,9,11-12,15H,4,6,8,10H2,1-3H3. The molecule has 1 aromatic carbocycles. The van der Waals surface area contributed by atoms with E-state index in [1.807, 2.05) is 13.0 Å². The van der Waals surface area contributed by atoms with E-state index in [9.17, 15) is 0 Å². The molecule has 0 aromatic heterocycles. The van der Waals surface area contributed by atoms with Crippen molar-refractivity contribution < 1.29 is 4.74 Å². The minimum Gasteiger partial charge on any atom is -0.494 e. The van der Waals surface area contributed by atoms with Gasteiger partial charge in [0.1, 0.15) is 5.75 Å². The van der Waals surface area contributed by atoms with Crippen molar-refractivity contribution in [3.05, 3.63) is 29.8 Å². The van der Waals surface area contributed by atoms with Gasteiger partial charge in [-0.1, -0.05) is 26.0 Å².